The Morgan fingerprint density at radius 2 is 1.58 bits per heavy atom. The number of hydrogen-bond donors (Lipinski definition) is 4. The van der Waals surface area contributed by atoms with Gasteiger partial charge in [-0.2, -0.15) is 0 Å². The Morgan fingerprint density at radius 1 is 0.846 bits per heavy atom. The number of carbonyl (C=O) groups excluding carboxylic acids is 4. The van der Waals surface area contributed by atoms with E-state index in [0.717, 1.165) is 62.6 Å². The molecule has 4 heterocycles. The van der Waals surface area contributed by atoms with E-state index in [4.69, 9.17) is 14.5 Å². The molecule has 4 unspecified atom stereocenters. The Kier molecular flexibility index (Phi) is 16.5. The monoisotopic (exact) mass is 1050 g/mol. The van der Waals surface area contributed by atoms with Crippen LogP contribution < -0.4 is 20.7 Å². The first-order valence-corrected chi connectivity index (χ1v) is 26.9. The van der Waals surface area contributed by atoms with Crippen molar-refractivity contribution in [3.8, 4) is 17.0 Å². The van der Waals surface area contributed by atoms with Crippen LogP contribution >= 0.6 is 0 Å². The summed E-state index contributed by atoms with van der Waals surface area (Å²) in [5, 5.41) is 28.6. The van der Waals surface area contributed by atoms with E-state index in [2.05, 4.69) is 118 Å². The van der Waals surface area contributed by atoms with Crippen LogP contribution in [0.2, 0.25) is 0 Å². The van der Waals surface area contributed by atoms with Gasteiger partial charge in [0.25, 0.3) is 0 Å². The summed E-state index contributed by atoms with van der Waals surface area (Å²) in [6, 6.07) is 25.4. The van der Waals surface area contributed by atoms with E-state index in [1.54, 1.807) is 6.20 Å². The zero-order chi connectivity index (χ0) is 55.4. The maximum absolute atomic E-state index is 14.1. The van der Waals surface area contributed by atoms with E-state index in [1.165, 1.54) is 27.2 Å². The number of amides is 4. The highest BCUT2D eigenvalue weighted by atomic mass is 16.5. The number of fused-ring (bicyclic) bond motifs is 2. The first kappa shape index (κ1) is 55.0. The number of likely N-dealkylation sites (tertiary alicyclic amines) is 1. The molecule has 4 N–H and O–H groups in total. The number of benzene rings is 3. The summed E-state index contributed by atoms with van der Waals surface area (Å²) in [6.07, 6.45) is 8.03. The van der Waals surface area contributed by atoms with Gasteiger partial charge in [-0.05, 0) is 86.4 Å². The Labute approximate surface area is 456 Å². The summed E-state index contributed by atoms with van der Waals surface area (Å²) < 4.78 is 13.7. The summed E-state index contributed by atoms with van der Waals surface area (Å²) in [6.45, 7) is 17.9. The number of ether oxygens (including phenoxy) is 2. The molecule has 6 atom stereocenters. The lowest BCUT2D eigenvalue weighted by Crippen LogP contribution is -2.58. The molecule has 16 nitrogen and oxygen atoms in total. The molecule has 2 aliphatic carbocycles. The van der Waals surface area contributed by atoms with Crippen molar-refractivity contribution in [1.29, 1.82) is 0 Å². The number of pyridine rings is 1. The zero-order valence-electron chi connectivity index (χ0n) is 46.1. The summed E-state index contributed by atoms with van der Waals surface area (Å²) >= 11 is 0. The van der Waals surface area contributed by atoms with Crippen molar-refractivity contribution in [3.05, 3.63) is 171 Å². The summed E-state index contributed by atoms with van der Waals surface area (Å²) in [5.74, 6) is 0.562. The first-order valence-electron chi connectivity index (χ1n) is 26.9. The van der Waals surface area contributed by atoms with Crippen LogP contribution in [0.5, 0.6) is 5.88 Å². The SMILES string of the molecule is CC1=CC=CC1c1ccc(CNC(=O)[C@@H]2CC(O)CN2C(=O)[C@@H](NC(=O)COCCOc2cc(-c3ccc(C(C)NC(=O)CC4N=C(c5ccc(C)cc5)C5=C(CC(C)=C5C)n5c(C)nnc54)cc3)ccn2)C(C)(C)C)cc1. The molecular formula is C62H71N9O7. The molecule has 1 fully saturated rings. The predicted octanol–water partition coefficient (Wildman–Crippen LogP) is 8.52. The average molecular weight is 1050 g/mol. The predicted molar refractivity (Wildman–Crippen MR) is 300 cm³/mol. The van der Waals surface area contributed by atoms with Crippen LogP contribution in [0.1, 0.15) is 125 Å². The lowest BCUT2D eigenvalue weighted by atomic mass is 9.85. The Bertz CT molecular complexity index is 3240. The van der Waals surface area contributed by atoms with E-state index in [-0.39, 0.29) is 69.5 Å². The number of aliphatic imine (C=N–C) groups is 1. The third kappa shape index (κ3) is 12.3. The highest BCUT2D eigenvalue weighted by Gasteiger charge is 2.44. The van der Waals surface area contributed by atoms with Crippen molar-refractivity contribution >= 4 is 35.0 Å². The van der Waals surface area contributed by atoms with E-state index in [0.29, 0.717) is 11.7 Å². The number of nitrogens with zero attached hydrogens (tertiary/aromatic N) is 6. The van der Waals surface area contributed by atoms with Crippen molar-refractivity contribution in [2.24, 2.45) is 10.4 Å². The minimum absolute atomic E-state index is 0.0258. The second-order valence-corrected chi connectivity index (χ2v) is 22.1. The lowest BCUT2D eigenvalue weighted by molar-refractivity contribution is -0.144. The van der Waals surface area contributed by atoms with E-state index >= 15 is 0 Å². The molecule has 0 spiro atoms. The molecule has 5 aromatic rings. The molecule has 78 heavy (non-hydrogen) atoms. The average Bonchev–Trinajstić information content (AvgIpc) is 4.40. The number of allylic oxidation sites excluding steroid dienone is 8. The minimum atomic E-state index is -0.993. The van der Waals surface area contributed by atoms with Crippen molar-refractivity contribution in [3.63, 3.8) is 0 Å². The normalized spacial score (nSPS) is 19.6. The van der Waals surface area contributed by atoms with Gasteiger partial charge in [0.2, 0.25) is 29.5 Å². The number of aliphatic hydroxyl groups excluding tert-OH is 1. The van der Waals surface area contributed by atoms with Crippen LogP contribution in [0.3, 0.4) is 0 Å². The van der Waals surface area contributed by atoms with Crippen LogP contribution in [0.25, 0.3) is 16.8 Å². The summed E-state index contributed by atoms with van der Waals surface area (Å²) in [7, 11) is 0. The van der Waals surface area contributed by atoms with Crippen LogP contribution in [-0.4, -0.2) is 104 Å². The highest BCUT2D eigenvalue weighted by Crippen LogP contribution is 2.42. The molecule has 9 rings (SSSR count). The van der Waals surface area contributed by atoms with Crippen LogP contribution in [0.4, 0.5) is 0 Å². The number of carbonyl (C=O) groups is 4. The molecule has 0 bridgehead atoms. The second-order valence-electron chi connectivity index (χ2n) is 22.1. The molecular weight excluding hydrogens is 983 g/mol. The lowest BCUT2D eigenvalue weighted by Gasteiger charge is -2.35. The van der Waals surface area contributed by atoms with Gasteiger partial charge in [-0.15, -0.1) is 10.2 Å². The fraction of sp³-hybridized carbons (Fsp3) is 0.387. The number of aromatic nitrogens is 4. The number of aryl methyl sites for hydroxylation is 2. The molecule has 16 heteroatoms. The summed E-state index contributed by atoms with van der Waals surface area (Å²) in [4.78, 5) is 65.8. The molecule has 4 amide bonds. The summed E-state index contributed by atoms with van der Waals surface area (Å²) in [5.41, 5.74) is 13.0. The van der Waals surface area contributed by atoms with E-state index < -0.39 is 41.5 Å². The zero-order valence-corrected chi connectivity index (χ0v) is 46.1. The van der Waals surface area contributed by atoms with Crippen molar-refractivity contribution in [2.45, 2.75) is 124 Å². The fourth-order valence-corrected chi connectivity index (χ4v) is 10.7. The topological polar surface area (TPSA) is 202 Å². The Hall–Kier alpha value is -7.82. The smallest absolute Gasteiger partial charge is 0.246 e. The Morgan fingerprint density at radius 3 is 2.28 bits per heavy atom. The van der Waals surface area contributed by atoms with Crippen LogP contribution in [0, 0.1) is 19.3 Å². The van der Waals surface area contributed by atoms with E-state index in [1.807, 2.05) is 83.1 Å². The molecule has 4 aliphatic rings. The molecule has 1 saturated heterocycles. The van der Waals surface area contributed by atoms with Gasteiger partial charge >= 0.3 is 0 Å². The van der Waals surface area contributed by atoms with Gasteiger partial charge in [0.1, 0.15) is 37.2 Å². The quantitative estimate of drug-likeness (QED) is 0.0617. The van der Waals surface area contributed by atoms with Gasteiger partial charge < -0.3 is 35.4 Å². The minimum Gasteiger partial charge on any atom is -0.475 e. The molecule has 406 valence electrons. The van der Waals surface area contributed by atoms with Crippen molar-refractivity contribution < 1.29 is 33.8 Å². The molecule has 0 radical (unpaired) electrons. The van der Waals surface area contributed by atoms with E-state index in [9.17, 15) is 24.3 Å². The van der Waals surface area contributed by atoms with Gasteiger partial charge in [0.05, 0.1) is 30.9 Å². The Balaban J connectivity index is 0.744. The maximum atomic E-state index is 14.1. The van der Waals surface area contributed by atoms with Gasteiger partial charge in [-0.25, -0.2) is 4.98 Å². The standard InChI is InChI=1S/C62H71N9O7/c1-36-13-17-46(18-14-36)57-56-39(4)38(3)29-51(56)71-41(6)68-69-59(71)50(66-57)32-53(73)65-40(5)43-21-23-44(24-22-43)47-25-26-63-55(30-47)78-28-27-77-35-54(74)67-58(62(7,8)9)61(76)70-34-48(72)31-52(70)60(75)64-33-42-15-19-45(20-16-42)49-12-10-11-37(49)2/h10-26,30,40,48-50,52,58,72H,27-29,31-35H2,1-9H3,(H,64,75)(H,65,73)(H,67,74)/t40?,48?,49?,50?,52-,58+/m0/s1. The molecule has 0 saturated carbocycles. The molecule has 2 aromatic heterocycles. The highest BCUT2D eigenvalue weighted by molar-refractivity contribution is 6.19. The molecule has 3 aromatic carbocycles. The van der Waals surface area contributed by atoms with Gasteiger partial charge in [-0.1, -0.05) is 129 Å². The number of hydrogen-bond acceptors (Lipinski definition) is 11. The van der Waals surface area contributed by atoms with Crippen LogP contribution in [-0.2, 0) is 30.5 Å². The van der Waals surface area contributed by atoms with Gasteiger partial charge in [0.15, 0.2) is 5.82 Å². The number of aliphatic hydroxyl groups is 1. The number of rotatable bonds is 18. The third-order valence-electron chi connectivity index (χ3n) is 15.2. The van der Waals surface area contributed by atoms with Crippen molar-refractivity contribution in [1.82, 2.24) is 40.6 Å². The largest absolute Gasteiger partial charge is 0.475 e. The molecule has 2 aliphatic heterocycles. The first-order chi connectivity index (χ1) is 37.3. The van der Waals surface area contributed by atoms with Crippen molar-refractivity contribution in [2.75, 3.05) is 26.4 Å². The second kappa shape index (κ2) is 23.4. The number of β-amino-alcohol motifs (C(OH)–C–C–N with tert-alkyl or cyclic N) is 1. The fourth-order valence-electron chi connectivity index (χ4n) is 10.7. The maximum Gasteiger partial charge on any atom is 0.246 e. The number of nitrogens with one attached hydrogen (secondary N) is 3. The third-order valence-corrected chi connectivity index (χ3v) is 15.2. The van der Waals surface area contributed by atoms with Crippen LogP contribution in [0.15, 0.2) is 137 Å². The van der Waals surface area contributed by atoms with Gasteiger partial charge in [-0.3, -0.25) is 28.7 Å². The van der Waals surface area contributed by atoms with Gasteiger partial charge in [0, 0.05) is 60.9 Å².